The van der Waals surface area contributed by atoms with Crippen molar-refractivity contribution in [3.05, 3.63) is 83.9 Å². The minimum absolute atomic E-state index is 0.0229. The molecule has 9 heteroatoms. The third-order valence-corrected chi connectivity index (χ3v) is 5.78. The molecule has 0 aliphatic rings. The molecule has 0 saturated carbocycles. The number of hydrogen-bond donors (Lipinski definition) is 3. The zero-order valence-corrected chi connectivity index (χ0v) is 18.3. The number of benzene rings is 3. The zero-order valence-electron chi connectivity index (χ0n) is 17.5. The second-order valence-electron chi connectivity index (χ2n) is 7.06. The number of hydrogen-bond acceptors (Lipinski definition) is 5. The van der Waals surface area contributed by atoms with Crippen LogP contribution in [0.25, 0.3) is 11.1 Å². The fourth-order valence-electron chi connectivity index (χ4n) is 3.18. The molecule has 5 N–H and O–H groups in total. The molecule has 3 rings (SSSR count). The van der Waals surface area contributed by atoms with E-state index in [4.69, 9.17) is 21.0 Å². The maximum absolute atomic E-state index is 12.6. The molecule has 3 aromatic carbocycles. The van der Waals surface area contributed by atoms with Gasteiger partial charge in [-0.2, -0.15) is 0 Å². The Labute approximate surface area is 187 Å². The summed E-state index contributed by atoms with van der Waals surface area (Å²) < 4.78 is 29.2. The van der Waals surface area contributed by atoms with Crippen molar-refractivity contribution in [2.24, 2.45) is 10.9 Å². The Balaban J connectivity index is 1.74. The van der Waals surface area contributed by atoms with Gasteiger partial charge in [0.2, 0.25) is 10.0 Å². The predicted octanol–water partition coefficient (Wildman–Crippen LogP) is 3.31. The highest BCUT2D eigenvalue weighted by Gasteiger charge is 2.17. The van der Waals surface area contributed by atoms with Gasteiger partial charge in [0, 0.05) is 24.2 Å². The van der Waals surface area contributed by atoms with Crippen LogP contribution in [0, 0.1) is 5.41 Å². The molecule has 0 radical (unpaired) electrons. The van der Waals surface area contributed by atoms with E-state index in [9.17, 15) is 13.2 Å². The average molecular weight is 453 g/mol. The van der Waals surface area contributed by atoms with Crippen LogP contribution in [0.1, 0.15) is 18.1 Å². The number of amidine groups is 1. The van der Waals surface area contributed by atoms with Gasteiger partial charge in [0.05, 0.1) is 4.90 Å². The van der Waals surface area contributed by atoms with Gasteiger partial charge in [-0.3, -0.25) is 5.41 Å². The number of nitrogen functional groups attached to an aromatic ring is 1. The van der Waals surface area contributed by atoms with Crippen LogP contribution in [-0.2, 0) is 16.6 Å². The van der Waals surface area contributed by atoms with Gasteiger partial charge in [0.25, 0.3) is 0 Å². The van der Waals surface area contributed by atoms with Crippen molar-refractivity contribution >= 4 is 22.0 Å². The molecule has 0 fully saturated rings. The molecule has 0 heterocycles. The summed E-state index contributed by atoms with van der Waals surface area (Å²) in [6.45, 7) is 2.56. The average Bonchev–Trinajstić information content (AvgIpc) is 2.77. The van der Waals surface area contributed by atoms with E-state index in [0.29, 0.717) is 35.5 Å². The Kier molecular flexibility index (Phi) is 6.92. The van der Waals surface area contributed by atoms with Crippen molar-refractivity contribution < 1.29 is 17.9 Å². The smallest absolute Gasteiger partial charge is 0.410 e. The number of primary sulfonamides is 1. The topological polar surface area (TPSA) is 140 Å². The van der Waals surface area contributed by atoms with Gasteiger partial charge in [-0.15, -0.1) is 0 Å². The lowest BCUT2D eigenvalue weighted by atomic mass is 10.1. The van der Waals surface area contributed by atoms with Crippen molar-refractivity contribution in [2.45, 2.75) is 18.4 Å². The number of carbonyl (C=O) groups is 1. The first kappa shape index (κ1) is 23.0. The van der Waals surface area contributed by atoms with E-state index in [-0.39, 0.29) is 10.7 Å². The van der Waals surface area contributed by atoms with Gasteiger partial charge in [-0.25, -0.2) is 18.4 Å². The van der Waals surface area contributed by atoms with E-state index >= 15 is 0 Å². The number of nitrogens with zero attached hydrogens (tertiary/aromatic N) is 1. The largest absolute Gasteiger partial charge is 0.415 e. The minimum atomic E-state index is -3.88. The van der Waals surface area contributed by atoms with Crippen LogP contribution in [0.3, 0.4) is 0 Å². The van der Waals surface area contributed by atoms with Crippen LogP contribution in [0.2, 0.25) is 0 Å². The van der Waals surface area contributed by atoms with Crippen LogP contribution < -0.4 is 15.6 Å². The minimum Gasteiger partial charge on any atom is -0.410 e. The Bertz CT molecular complexity index is 1240. The van der Waals surface area contributed by atoms with Crippen molar-refractivity contribution in [3.8, 4) is 16.9 Å². The molecule has 0 aromatic heterocycles. The molecule has 3 aromatic rings. The summed E-state index contributed by atoms with van der Waals surface area (Å²) in [7, 11) is -3.88. The first-order chi connectivity index (χ1) is 15.2. The van der Waals surface area contributed by atoms with Crippen molar-refractivity contribution in [3.63, 3.8) is 0 Å². The van der Waals surface area contributed by atoms with Gasteiger partial charge < -0.3 is 15.4 Å². The zero-order chi connectivity index (χ0) is 23.3. The molecule has 0 bridgehead atoms. The fourth-order valence-corrected chi connectivity index (χ4v) is 3.94. The van der Waals surface area contributed by atoms with Gasteiger partial charge >= 0.3 is 6.09 Å². The number of ether oxygens (including phenoxy) is 1. The molecular weight excluding hydrogens is 428 g/mol. The highest BCUT2D eigenvalue weighted by Crippen LogP contribution is 2.28. The first-order valence-electron chi connectivity index (χ1n) is 9.81. The molecule has 32 heavy (non-hydrogen) atoms. The third kappa shape index (κ3) is 5.51. The first-order valence-corrected chi connectivity index (χ1v) is 11.4. The normalized spacial score (nSPS) is 11.1. The number of amides is 1. The van der Waals surface area contributed by atoms with E-state index in [1.807, 2.05) is 13.0 Å². The lowest BCUT2D eigenvalue weighted by Gasteiger charge is -2.20. The standard InChI is InChI=1S/C23H24N4O4S/c1-2-27(15-16-6-5-7-18(14-16)22(24)25)23(28)31-19-12-10-17(11-13-19)20-8-3-4-9-21(20)32(26,29)30/h3-14H,2,15H2,1H3,(H3,24,25)(H2,26,29,30). The quantitative estimate of drug-likeness (QED) is 0.373. The molecule has 0 atom stereocenters. The summed E-state index contributed by atoms with van der Waals surface area (Å²) in [5.74, 6) is 0.282. The number of rotatable bonds is 7. The summed E-state index contributed by atoms with van der Waals surface area (Å²) in [4.78, 5) is 14.2. The molecule has 0 unspecified atom stereocenters. The monoisotopic (exact) mass is 452 g/mol. The summed E-state index contributed by atoms with van der Waals surface area (Å²) in [6.07, 6.45) is -0.529. The Morgan fingerprint density at radius 1 is 1.03 bits per heavy atom. The fraction of sp³-hybridized carbons (Fsp3) is 0.130. The van der Waals surface area contributed by atoms with Crippen molar-refractivity contribution in [2.75, 3.05) is 6.54 Å². The maximum Gasteiger partial charge on any atom is 0.415 e. The molecule has 8 nitrogen and oxygen atoms in total. The van der Waals surface area contributed by atoms with Gasteiger partial charge in [-0.1, -0.05) is 48.5 Å². The molecule has 0 aliphatic carbocycles. The van der Waals surface area contributed by atoms with Crippen LogP contribution in [0.15, 0.2) is 77.7 Å². The summed E-state index contributed by atoms with van der Waals surface area (Å²) in [5, 5.41) is 12.9. The third-order valence-electron chi connectivity index (χ3n) is 4.82. The van der Waals surface area contributed by atoms with E-state index in [1.54, 1.807) is 60.7 Å². The van der Waals surface area contributed by atoms with E-state index in [0.717, 1.165) is 5.56 Å². The lowest BCUT2D eigenvalue weighted by molar-refractivity contribution is 0.152. The second-order valence-corrected chi connectivity index (χ2v) is 8.59. The lowest BCUT2D eigenvalue weighted by Crippen LogP contribution is -2.33. The van der Waals surface area contributed by atoms with Crippen LogP contribution in [0.4, 0.5) is 4.79 Å². The molecule has 166 valence electrons. The van der Waals surface area contributed by atoms with Gasteiger partial charge in [0.1, 0.15) is 11.6 Å². The molecular formula is C23H24N4O4S. The van der Waals surface area contributed by atoms with Crippen LogP contribution >= 0.6 is 0 Å². The molecule has 0 spiro atoms. The Hall–Kier alpha value is -3.69. The Morgan fingerprint density at radius 2 is 1.72 bits per heavy atom. The van der Waals surface area contributed by atoms with Crippen molar-refractivity contribution in [1.82, 2.24) is 4.90 Å². The summed E-state index contributed by atoms with van der Waals surface area (Å²) >= 11 is 0. The highest BCUT2D eigenvalue weighted by atomic mass is 32.2. The molecule has 1 amide bonds. The number of carbonyl (C=O) groups excluding carboxylic acids is 1. The van der Waals surface area contributed by atoms with Crippen LogP contribution in [0.5, 0.6) is 5.75 Å². The van der Waals surface area contributed by atoms with E-state index < -0.39 is 16.1 Å². The number of nitrogens with two attached hydrogens (primary N) is 2. The summed E-state index contributed by atoms with van der Waals surface area (Å²) in [6, 6.07) is 20.1. The Morgan fingerprint density at radius 3 is 2.34 bits per heavy atom. The van der Waals surface area contributed by atoms with E-state index in [1.165, 1.54) is 11.0 Å². The second kappa shape index (κ2) is 9.63. The van der Waals surface area contributed by atoms with Crippen LogP contribution in [-0.4, -0.2) is 31.8 Å². The van der Waals surface area contributed by atoms with Gasteiger partial charge in [0.15, 0.2) is 0 Å². The molecule has 0 saturated heterocycles. The summed E-state index contributed by atoms with van der Waals surface area (Å²) in [5.41, 5.74) is 8.04. The maximum atomic E-state index is 12.6. The predicted molar refractivity (Wildman–Crippen MR) is 123 cm³/mol. The van der Waals surface area contributed by atoms with Gasteiger partial charge in [-0.05, 0) is 42.3 Å². The number of nitrogens with one attached hydrogen (secondary N) is 1. The van der Waals surface area contributed by atoms with E-state index in [2.05, 4.69) is 0 Å². The highest BCUT2D eigenvalue weighted by molar-refractivity contribution is 7.89. The number of sulfonamides is 1. The SMILES string of the molecule is CCN(Cc1cccc(C(=N)N)c1)C(=O)Oc1ccc(-c2ccccc2S(N)(=O)=O)cc1. The molecule has 0 aliphatic heterocycles. The van der Waals surface area contributed by atoms with Crippen molar-refractivity contribution in [1.29, 1.82) is 5.41 Å².